The molecule has 1 amide bonds. The Morgan fingerprint density at radius 3 is 2.89 bits per heavy atom. The summed E-state index contributed by atoms with van der Waals surface area (Å²) in [4.78, 5) is 32.4. The maximum Gasteiger partial charge on any atom is 0.255 e. The van der Waals surface area contributed by atoms with Gasteiger partial charge < -0.3 is 9.47 Å². The summed E-state index contributed by atoms with van der Waals surface area (Å²) in [6.07, 6.45) is 8.94. The Morgan fingerprint density at radius 2 is 2.15 bits per heavy atom. The number of pyridine rings is 1. The molecule has 0 bridgehead atoms. The first-order chi connectivity index (χ1) is 13.1. The third kappa shape index (κ3) is 3.58. The average Bonchev–Trinajstić information content (AvgIpc) is 3.14. The van der Waals surface area contributed by atoms with Crippen LogP contribution in [0.3, 0.4) is 0 Å². The number of likely N-dealkylation sites (tertiary alicyclic amines) is 1. The number of amides is 1. The summed E-state index contributed by atoms with van der Waals surface area (Å²) in [7, 11) is 1.95. The van der Waals surface area contributed by atoms with Crippen molar-refractivity contribution >= 4 is 5.91 Å². The Hall–Kier alpha value is -3.09. The Labute approximate surface area is 158 Å². The summed E-state index contributed by atoms with van der Waals surface area (Å²) < 4.78 is 1.95. The minimum atomic E-state index is 0.0305. The van der Waals surface area contributed by atoms with Gasteiger partial charge in [0.15, 0.2) is 5.82 Å². The zero-order valence-corrected chi connectivity index (χ0v) is 15.5. The largest absolute Gasteiger partial charge is 0.338 e. The van der Waals surface area contributed by atoms with E-state index in [9.17, 15) is 4.79 Å². The van der Waals surface area contributed by atoms with Gasteiger partial charge in [-0.1, -0.05) is 0 Å². The summed E-state index contributed by atoms with van der Waals surface area (Å²) in [5, 5.41) is 0. The fourth-order valence-electron chi connectivity index (χ4n) is 3.60. The molecule has 1 atom stereocenters. The van der Waals surface area contributed by atoms with E-state index in [1.165, 1.54) is 0 Å². The number of rotatable bonds is 3. The Morgan fingerprint density at radius 1 is 1.26 bits per heavy atom. The summed E-state index contributed by atoms with van der Waals surface area (Å²) in [6.45, 7) is 3.32. The number of carbonyl (C=O) groups is 1. The first-order valence-corrected chi connectivity index (χ1v) is 9.14. The SMILES string of the molecule is Cc1nc(-c2nccn2C)cc(C2CCCN(C(=O)c3cccnc3)C2)n1. The van der Waals surface area contributed by atoms with Crippen LogP contribution in [-0.2, 0) is 7.05 Å². The van der Waals surface area contributed by atoms with Crippen molar-refractivity contribution in [2.75, 3.05) is 13.1 Å². The molecule has 4 rings (SSSR count). The van der Waals surface area contributed by atoms with Crippen LogP contribution in [0.5, 0.6) is 0 Å². The minimum Gasteiger partial charge on any atom is -0.338 e. The molecular formula is C20H22N6O. The van der Waals surface area contributed by atoms with E-state index >= 15 is 0 Å². The van der Waals surface area contributed by atoms with Gasteiger partial charge in [-0.05, 0) is 38.0 Å². The van der Waals surface area contributed by atoms with E-state index in [1.54, 1.807) is 24.7 Å². The maximum absolute atomic E-state index is 12.8. The van der Waals surface area contributed by atoms with Gasteiger partial charge >= 0.3 is 0 Å². The van der Waals surface area contributed by atoms with Crippen LogP contribution in [0, 0.1) is 6.92 Å². The number of nitrogens with zero attached hydrogens (tertiary/aromatic N) is 6. The highest BCUT2D eigenvalue weighted by atomic mass is 16.2. The Balaban J connectivity index is 1.59. The molecule has 138 valence electrons. The molecule has 27 heavy (non-hydrogen) atoms. The number of hydrogen-bond donors (Lipinski definition) is 0. The summed E-state index contributed by atoms with van der Waals surface area (Å²) in [6, 6.07) is 5.62. The highest BCUT2D eigenvalue weighted by Gasteiger charge is 2.27. The fraction of sp³-hybridized carbons (Fsp3) is 0.350. The lowest BCUT2D eigenvalue weighted by Gasteiger charge is -2.32. The number of aromatic nitrogens is 5. The molecule has 1 aliphatic heterocycles. The van der Waals surface area contributed by atoms with E-state index in [2.05, 4.69) is 19.9 Å². The van der Waals surface area contributed by atoms with Crippen molar-refractivity contribution in [1.82, 2.24) is 29.4 Å². The lowest BCUT2D eigenvalue weighted by molar-refractivity contribution is 0.0705. The Bertz CT molecular complexity index is 952. The summed E-state index contributed by atoms with van der Waals surface area (Å²) >= 11 is 0. The topological polar surface area (TPSA) is 76.8 Å². The molecule has 1 aliphatic rings. The van der Waals surface area contributed by atoms with E-state index in [0.29, 0.717) is 12.1 Å². The molecule has 1 unspecified atom stereocenters. The second-order valence-corrected chi connectivity index (χ2v) is 6.92. The predicted octanol–water partition coefficient (Wildman–Crippen LogP) is 2.60. The number of piperidine rings is 1. The third-order valence-corrected chi connectivity index (χ3v) is 4.94. The van der Waals surface area contributed by atoms with Gasteiger partial charge in [-0.3, -0.25) is 9.78 Å². The first-order valence-electron chi connectivity index (χ1n) is 9.14. The normalized spacial score (nSPS) is 17.1. The molecule has 7 nitrogen and oxygen atoms in total. The zero-order valence-electron chi connectivity index (χ0n) is 15.5. The number of imidazole rings is 1. The van der Waals surface area contributed by atoms with Gasteiger partial charge in [0.2, 0.25) is 0 Å². The van der Waals surface area contributed by atoms with Crippen molar-refractivity contribution in [1.29, 1.82) is 0 Å². The molecule has 0 aromatic carbocycles. The average molecular weight is 362 g/mol. The fourth-order valence-corrected chi connectivity index (χ4v) is 3.60. The van der Waals surface area contributed by atoms with E-state index in [1.807, 2.05) is 41.8 Å². The molecule has 3 aromatic rings. The highest BCUT2D eigenvalue weighted by molar-refractivity contribution is 5.94. The smallest absolute Gasteiger partial charge is 0.255 e. The van der Waals surface area contributed by atoms with Crippen molar-refractivity contribution < 1.29 is 4.79 Å². The van der Waals surface area contributed by atoms with Crippen LogP contribution in [-0.4, -0.2) is 48.4 Å². The van der Waals surface area contributed by atoms with E-state index < -0.39 is 0 Å². The van der Waals surface area contributed by atoms with Crippen LogP contribution >= 0.6 is 0 Å². The van der Waals surface area contributed by atoms with Crippen molar-refractivity contribution in [2.24, 2.45) is 7.05 Å². The predicted molar refractivity (Wildman–Crippen MR) is 101 cm³/mol. The molecule has 4 heterocycles. The molecule has 1 fully saturated rings. The van der Waals surface area contributed by atoms with Gasteiger partial charge in [-0.15, -0.1) is 0 Å². The molecule has 0 radical (unpaired) electrons. The van der Waals surface area contributed by atoms with Gasteiger partial charge in [-0.2, -0.15) is 0 Å². The van der Waals surface area contributed by atoms with Gasteiger partial charge in [0.05, 0.1) is 5.56 Å². The number of aryl methyl sites for hydroxylation is 2. The third-order valence-electron chi connectivity index (χ3n) is 4.94. The second-order valence-electron chi connectivity index (χ2n) is 6.92. The quantitative estimate of drug-likeness (QED) is 0.716. The molecule has 1 saturated heterocycles. The molecule has 0 saturated carbocycles. The van der Waals surface area contributed by atoms with E-state index in [4.69, 9.17) is 0 Å². The Kier molecular flexibility index (Phi) is 4.66. The standard InChI is InChI=1S/C20H22N6O/c1-14-23-17(11-18(24-14)19-22-8-10-25(19)2)16-6-4-9-26(13-16)20(27)15-5-3-7-21-12-15/h3,5,7-8,10-12,16H,4,6,9,13H2,1-2H3. The minimum absolute atomic E-state index is 0.0305. The molecule has 7 heteroatoms. The lowest BCUT2D eigenvalue weighted by atomic mass is 9.93. The van der Waals surface area contributed by atoms with Gasteiger partial charge in [0.1, 0.15) is 11.5 Å². The van der Waals surface area contributed by atoms with E-state index in [0.717, 1.165) is 42.4 Å². The lowest BCUT2D eigenvalue weighted by Crippen LogP contribution is -2.39. The molecular weight excluding hydrogens is 340 g/mol. The molecule has 3 aromatic heterocycles. The van der Waals surface area contributed by atoms with Gasteiger partial charge in [0, 0.05) is 56.5 Å². The zero-order chi connectivity index (χ0) is 18.8. The van der Waals surface area contributed by atoms with Crippen LogP contribution in [0.4, 0.5) is 0 Å². The van der Waals surface area contributed by atoms with Gasteiger partial charge in [0.25, 0.3) is 5.91 Å². The molecule has 0 N–H and O–H groups in total. The maximum atomic E-state index is 12.8. The first kappa shape index (κ1) is 17.3. The van der Waals surface area contributed by atoms with Crippen molar-refractivity contribution in [2.45, 2.75) is 25.7 Å². The van der Waals surface area contributed by atoms with Gasteiger partial charge in [-0.25, -0.2) is 15.0 Å². The van der Waals surface area contributed by atoms with Crippen LogP contribution in [0.15, 0.2) is 43.0 Å². The molecule has 0 aliphatic carbocycles. The highest BCUT2D eigenvalue weighted by Crippen LogP contribution is 2.28. The summed E-state index contributed by atoms with van der Waals surface area (Å²) in [5.74, 6) is 1.77. The monoisotopic (exact) mass is 362 g/mol. The summed E-state index contributed by atoms with van der Waals surface area (Å²) in [5.41, 5.74) is 2.43. The van der Waals surface area contributed by atoms with Crippen molar-refractivity contribution in [3.63, 3.8) is 0 Å². The number of carbonyl (C=O) groups excluding carboxylic acids is 1. The van der Waals surface area contributed by atoms with Crippen molar-refractivity contribution in [3.8, 4) is 11.5 Å². The van der Waals surface area contributed by atoms with Crippen LogP contribution in [0.25, 0.3) is 11.5 Å². The molecule has 0 spiro atoms. The number of hydrogen-bond acceptors (Lipinski definition) is 5. The van der Waals surface area contributed by atoms with Crippen LogP contribution < -0.4 is 0 Å². The second kappa shape index (κ2) is 7.26. The van der Waals surface area contributed by atoms with Crippen LogP contribution in [0.2, 0.25) is 0 Å². The van der Waals surface area contributed by atoms with Crippen LogP contribution in [0.1, 0.15) is 40.6 Å². The van der Waals surface area contributed by atoms with Crippen molar-refractivity contribution in [3.05, 3.63) is 60.1 Å². The van der Waals surface area contributed by atoms with E-state index in [-0.39, 0.29) is 11.8 Å².